The molecule has 0 spiro atoms. The molecule has 10 aromatic rings. The van der Waals surface area contributed by atoms with Gasteiger partial charge in [-0.25, -0.2) is 0 Å². The smallest absolute Gasteiger partial charge is 0.0468 e. The number of para-hydroxylation sites is 2. The van der Waals surface area contributed by atoms with Crippen molar-refractivity contribution in [3.63, 3.8) is 0 Å². The minimum atomic E-state index is 1.14. The topological polar surface area (TPSA) is 3.24 Å². The minimum absolute atomic E-state index is 1.14. The lowest BCUT2D eigenvalue weighted by atomic mass is 9.87. The highest BCUT2D eigenvalue weighted by Crippen LogP contribution is 2.44. The second-order valence-corrected chi connectivity index (χ2v) is 14.8. The molecule has 0 N–H and O–H groups in total. The van der Waals surface area contributed by atoms with Gasteiger partial charge in [0.05, 0.1) is 0 Å². The Hall–Kier alpha value is -7.22. The van der Waals surface area contributed by atoms with Gasteiger partial charge < -0.3 is 4.90 Å². The lowest BCUT2D eigenvalue weighted by Gasteiger charge is -2.25. The van der Waals surface area contributed by atoms with Crippen LogP contribution in [0.3, 0.4) is 0 Å². The predicted octanol–water partition coefficient (Wildman–Crippen LogP) is 13.7. The highest BCUT2D eigenvalue weighted by Gasteiger charge is 2.22. The highest BCUT2D eigenvalue weighted by molar-refractivity contribution is 6.12. The molecule has 1 nitrogen and oxygen atoms in total. The maximum atomic E-state index is 2.43. The van der Waals surface area contributed by atoms with Gasteiger partial charge in [0.1, 0.15) is 0 Å². The molecule has 0 saturated heterocycles. The second kappa shape index (κ2) is 11.6. The fraction of sp³-hybridized carbons (Fsp3) is 0. The summed E-state index contributed by atoms with van der Waals surface area (Å²) >= 11 is 0. The normalized spacial score (nSPS) is 12.0. The molecule has 2 aliphatic carbocycles. The Labute approximate surface area is 317 Å². The zero-order valence-electron chi connectivity index (χ0n) is 30.0. The van der Waals surface area contributed by atoms with Crippen molar-refractivity contribution < 1.29 is 0 Å². The number of fused-ring (bicyclic) bond motifs is 4. The lowest BCUT2D eigenvalue weighted by Crippen LogP contribution is -2.09. The van der Waals surface area contributed by atoms with Crippen molar-refractivity contribution in [2.24, 2.45) is 0 Å². The van der Waals surface area contributed by atoms with Gasteiger partial charge in [-0.15, -0.1) is 0 Å². The van der Waals surface area contributed by atoms with E-state index in [1.165, 1.54) is 96.3 Å². The molecule has 0 heterocycles. The molecule has 254 valence electrons. The van der Waals surface area contributed by atoms with Crippen LogP contribution >= 0.6 is 0 Å². The van der Waals surface area contributed by atoms with E-state index in [-0.39, 0.29) is 0 Å². The number of hydrogen-bond donors (Lipinski definition) is 0. The van der Waals surface area contributed by atoms with Crippen molar-refractivity contribution in [3.8, 4) is 22.3 Å². The van der Waals surface area contributed by atoms with Crippen LogP contribution in [0.15, 0.2) is 200 Å². The molecule has 0 bridgehead atoms. The van der Waals surface area contributed by atoms with Gasteiger partial charge in [0.15, 0.2) is 0 Å². The second-order valence-electron chi connectivity index (χ2n) is 14.8. The minimum Gasteiger partial charge on any atom is -0.310 e. The molecule has 0 saturated carbocycles. The quantitative estimate of drug-likeness (QED) is 0.162. The van der Waals surface area contributed by atoms with Crippen LogP contribution in [-0.4, -0.2) is 0 Å². The summed E-state index contributed by atoms with van der Waals surface area (Å²) in [6.07, 6.45) is 0. The van der Waals surface area contributed by atoms with Crippen LogP contribution < -0.4 is 4.90 Å². The Balaban J connectivity index is 1.28. The average molecular weight is 696 g/mol. The molecule has 10 aromatic carbocycles. The molecule has 1 heteroatoms. The number of nitrogens with zero attached hydrogens (tertiary/aromatic N) is 1. The summed E-state index contributed by atoms with van der Waals surface area (Å²) in [5, 5.41) is 18.3. The van der Waals surface area contributed by atoms with Crippen LogP contribution in [0.25, 0.3) is 54.6 Å². The number of anilines is 3. The van der Waals surface area contributed by atoms with E-state index in [0.717, 1.165) is 17.1 Å². The molecule has 0 aromatic heterocycles. The Kier molecular flexibility index (Phi) is 6.40. The molecule has 55 heavy (non-hydrogen) atoms. The summed E-state index contributed by atoms with van der Waals surface area (Å²) in [4.78, 5) is 2.36. The first-order valence-electron chi connectivity index (χ1n) is 19.1. The lowest BCUT2D eigenvalue weighted by molar-refractivity contribution is 1.27. The highest BCUT2D eigenvalue weighted by atomic mass is 15.1. The maximum Gasteiger partial charge on any atom is 0.0468 e. The van der Waals surface area contributed by atoms with Gasteiger partial charge in [0.25, 0.3) is 0 Å². The predicted molar refractivity (Wildman–Crippen MR) is 228 cm³/mol. The standard InChI is InChI=1S/C54H33N/c1-5-15-34(16-6-1)49-47-31-36-19-13-14-20-37(36)32-48(47)50(35-17-7-2-8-18-35)54-45-30-28-43-46-33-40(55(38-21-9-3-10-22-38)39-23-11-4-12-24-39)25-26-41(46)42-27-29-44(53(49)54)52(45)51(42)43/h1-33H. The van der Waals surface area contributed by atoms with Crippen LogP contribution in [-0.2, 0) is 0 Å². The summed E-state index contributed by atoms with van der Waals surface area (Å²) in [7, 11) is 0. The average Bonchev–Trinajstić information content (AvgIpc) is 3.75. The van der Waals surface area contributed by atoms with Gasteiger partial charge in [0, 0.05) is 17.1 Å². The summed E-state index contributed by atoms with van der Waals surface area (Å²) in [5.74, 6) is 0. The molecule has 0 aliphatic heterocycles. The third-order valence-corrected chi connectivity index (χ3v) is 11.9. The Morgan fingerprint density at radius 2 is 0.673 bits per heavy atom. The van der Waals surface area contributed by atoms with Crippen LogP contribution in [0.5, 0.6) is 0 Å². The molecule has 0 atom stereocenters. The van der Waals surface area contributed by atoms with Gasteiger partial charge in [-0.1, -0.05) is 152 Å². The molecular formula is C54H33N. The van der Waals surface area contributed by atoms with Crippen LogP contribution in [0.2, 0.25) is 0 Å². The summed E-state index contributed by atoms with van der Waals surface area (Å²) in [6, 6.07) is 73.8. The Bertz CT molecular complexity index is 3460. The molecule has 0 radical (unpaired) electrons. The van der Waals surface area contributed by atoms with E-state index in [1.54, 1.807) is 0 Å². The van der Waals surface area contributed by atoms with Crippen molar-refractivity contribution in [3.05, 3.63) is 242 Å². The van der Waals surface area contributed by atoms with Gasteiger partial charge in [0.2, 0.25) is 0 Å². The van der Waals surface area contributed by atoms with Gasteiger partial charge >= 0.3 is 0 Å². The third kappa shape index (κ3) is 4.35. The number of rotatable bonds is 5. The molecule has 2 aliphatic rings. The summed E-state index contributed by atoms with van der Waals surface area (Å²) in [6.45, 7) is 0. The zero-order valence-corrected chi connectivity index (χ0v) is 30.0. The van der Waals surface area contributed by atoms with E-state index >= 15 is 0 Å². The van der Waals surface area contributed by atoms with Crippen molar-refractivity contribution in [1.29, 1.82) is 0 Å². The van der Waals surface area contributed by atoms with E-state index in [1.807, 2.05) is 0 Å². The van der Waals surface area contributed by atoms with Crippen molar-refractivity contribution >= 4 is 49.4 Å². The Morgan fingerprint density at radius 3 is 1.18 bits per heavy atom. The van der Waals surface area contributed by atoms with Gasteiger partial charge in [-0.3, -0.25) is 0 Å². The van der Waals surface area contributed by atoms with Crippen LogP contribution in [0.1, 0.15) is 0 Å². The zero-order chi connectivity index (χ0) is 36.0. The van der Waals surface area contributed by atoms with E-state index in [4.69, 9.17) is 0 Å². The first-order valence-corrected chi connectivity index (χ1v) is 19.1. The molecular weight excluding hydrogens is 663 g/mol. The van der Waals surface area contributed by atoms with E-state index in [0.29, 0.717) is 0 Å². The number of benzene rings is 10. The van der Waals surface area contributed by atoms with Crippen molar-refractivity contribution in [1.82, 2.24) is 0 Å². The first kappa shape index (κ1) is 30.3. The summed E-state index contributed by atoms with van der Waals surface area (Å²) < 4.78 is 0. The molecule has 0 unspecified atom stereocenters. The first-order chi connectivity index (χ1) is 27.3. The molecule has 12 rings (SSSR count). The fourth-order valence-corrected chi connectivity index (χ4v) is 9.61. The fourth-order valence-electron chi connectivity index (χ4n) is 9.61. The molecule has 0 amide bonds. The monoisotopic (exact) mass is 695 g/mol. The van der Waals surface area contributed by atoms with Crippen molar-refractivity contribution in [2.75, 3.05) is 4.90 Å². The van der Waals surface area contributed by atoms with E-state index < -0.39 is 0 Å². The van der Waals surface area contributed by atoms with E-state index in [9.17, 15) is 0 Å². The van der Waals surface area contributed by atoms with Crippen molar-refractivity contribution in [2.45, 2.75) is 0 Å². The van der Waals surface area contributed by atoms with E-state index in [2.05, 4.69) is 205 Å². The summed E-state index contributed by atoms with van der Waals surface area (Å²) in [5.41, 5.74) is 8.54. The van der Waals surface area contributed by atoms with Gasteiger partial charge in [-0.2, -0.15) is 0 Å². The van der Waals surface area contributed by atoms with Gasteiger partial charge in [-0.05, 0) is 145 Å². The largest absolute Gasteiger partial charge is 0.310 e. The van der Waals surface area contributed by atoms with Crippen LogP contribution in [0.4, 0.5) is 17.1 Å². The number of hydrogen-bond acceptors (Lipinski definition) is 1. The molecule has 0 fully saturated rings. The third-order valence-electron chi connectivity index (χ3n) is 11.9. The SMILES string of the molecule is c1ccc(-c2c3c(c(-c4ccccc4)c4cc5ccccc5cc24)=c2ccc4c5c(ccc=3c25)=c2ccc(N(c3ccccc3)c3ccccc3)cc2=4)cc1. The van der Waals surface area contributed by atoms with Crippen LogP contribution in [0, 0.1) is 41.7 Å². The maximum absolute atomic E-state index is 2.43. The Morgan fingerprint density at radius 1 is 0.273 bits per heavy atom.